The third-order valence-electron chi connectivity index (χ3n) is 5.37. The van der Waals surface area contributed by atoms with E-state index in [-0.39, 0.29) is 10.8 Å². The molecule has 2 rings (SSSR count). The van der Waals surface area contributed by atoms with Gasteiger partial charge in [-0.15, -0.1) is 0 Å². The first kappa shape index (κ1) is 15.9. The van der Waals surface area contributed by atoms with Crippen molar-refractivity contribution in [2.24, 2.45) is 16.7 Å². The molecule has 0 heterocycles. The van der Waals surface area contributed by atoms with E-state index in [9.17, 15) is 18.8 Å². The van der Waals surface area contributed by atoms with E-state index in [1.54, 1.807) is 0 Å². The molecule has 116 valence electrons. The third-order valence-corrected chi connectivity index (χ3v) is 5.87. The molecule has 3 atom stereocenters. The Morgan fingerprint density at radius 2 is 2.05 bits per heavy atom. The van der Waals surface area contributed by atoms with E-state index in [4.69, 9.17) is 4.74 Å². The molecular weight excluding hydrogens is 294 g/mol. The van der Waals surface area contributed by atoms with Crippen molar-refractivity contribution >= 4 is 18.0 Å². The zero-order chi connectivity index (χ0) is 15.2. The van der Waals surface area contributed by atoms with Crippen LogP contribution in [-0.2, 0) is 18.9 Å². The van der Waals surface area contributed by atoms with Gasteiger partial charge in [0.25, 0.3) is 0 Å². The van der Waals surface area contributed by atoms with Crippen molar-refractivity contribution in [3.63, 3.8) is 0 Å². The van der Waals surface area contributed by atoms with Crippen LogP contribution in [0.2, 0.25) is 0 Å². The minimum atomic E-state index is -3.97. The lowest BCUT2D eigenvalue weighted by Crippen LogP contribution is -2.41. The molecule has 2 bridgehead atoms. The summed E-state index contributed by atoms with van der Waals surface area (Å²) in [6.45, 7) is 6.14. The van der Waals surface area contributed by atoms with Gasteiger partial charge in [0, 0.05) is 5.41 Å². The number of carbonyl (C=O) groups is 1. The van der Waals surface area contributed by atoms with E-state index in [0.29, 0.717) is 12.3 Å². The van der Waals surface area contributed by atoms with Gasteiger partial charge in [-0.2, -0.15) is 13.1 Å². The van der Waals surface area contributed by atoms with E-state index in [1.165, 1.54) is 0 Å². The SMILES string of the molecule is CC1(C)C2CCC1(C)C(OC(=O)C(F)(F)SOO[O-])C2. The minimum absolute atomic E-state index is 0.0466. The largest absolute Gasteiger partial charge is 0.691 e. The van der Waals surface area contributed by atoms with Crippen LogP contribution < -0.4 is 5.26 Å². The summed E-state index contributed by atoms with van der Waals surface area (Å²) < 4.78 is 35.2. The van der Waals surface area contributed by atoms with E-state index >= 15 is 0 Å². The average Bonchev–Trinajstić information content (AvgIpc) is 2.69. The molecule has 0 saturated heterocycles. The standard InChI is InChI=1S/C12H18F2O5S/c1-10(2)7-4-5-11(10,3)8(6-7)17-9(15)12(13,14)20-19-18-16/h7-8,16H,4-6H2,1-3H3/p-1. The first-order valence-corrected chi connectivity index (χ1v) is 7.12. The molecule has 2 aliphatic carbocycles. The number of carbonyl (C=O) groups excluding carboxylic acids is 1. The van der Waals surface area contributed by atoms with E-state index < -0.39 is 29.4 Å². The van der Waals surface area contributed by atoms with Crippen molar-refractivity contribution in [2.45, 2.75) is 51.4 Å². The fourth-order valence-electron chi connectivity index (χ4n) is 3.60. The van der Waals surface area contributed by atoms with Gasteiger partial charge in [0.2, 0.25) is 0 Å². The summed E-state index contributed by atoms with van der Waals surface area (Å²) in [7, 11) is 0. The second-order valence-electron chi connectivity index (χ2n) is 6.24. The Hall–Kier alpha value is -0.440. The second-order valence-corrected chi connectivity index (χ2v) is 7.06. The van der Waals surface area contributed by atoms with Gasteiger partial charge in [-0.25, -0.2) is 4.79 Å². The summed E-state index contributed by atoms with van der Waals surface area (Å²) in [5.41, 5.74) is -0.348. The Kier molecular flexibility index (Phi) is 4.05. The van der Waals surface area contributed by atoms with Crippen LogP contribution in [0, 0.1) is 16.7 Å². The summed E-state index contributed by atoms with van der Waals surface area (Å²) in [6, 6.07) is 0. The highest BCUT2D eigenvalue weighted by atomic mass is 32.2. The lowest BCUT2D eigenvalue weighted by Gasteiger charge is -2.38. The monoisotopic (exact) mass is 311 g/mol. The molecule has 5 nitrogen and oxygen atoms in total. The predicted molar refractivity (Wildman–Crippen MR) is 63.8 cm³/mol. The molecule has 0 radical (unpaired) electrons. The number of rotatable bonds is 5. The Morgan fingerprint density at radius 1 is 1.40 bits per heavy atom. The molecule has 0 aromatic carbocycles. The number of esters is 1. The number of ether oxygens (including phenoxy) is 1. The highest BCUT2D eigenvalue weighted by Gasteiger charge is 2.63. The topological polar surface area (TPSA) is 67.8 Å². The Balaban J connectivity index is 2.03. The average molecular weight is 311 g/mol. The number of alkyl halides is 2. The van der Waals surface area contributed by atoms with Crippen molar-refractivity contribution < 1.29 is 32.9 Å². The van der Waals surface area contributed by atoms with Gasteiger partial charge in [-0.3, -0.25) is 5.04 Å². The highest BCUT2D eigenvalue weighted by molar-refractivity contribution is 7.96. The second kappa shape index (κ2) is 5.08. The molecule has 0 amide bonds. The summed E-state index contributed by atoms with van der Waals surface area (Å²) in [4.78, 5) is 11.5. The molecule has 0 aromatic heterocycles. The smallest absolute Gasteiger partial charge is 0.415 e. The van der Waals surface area contributed by atoms with Crippen LogP contribution in [0.25, 0.3) is 0 Å². The van der Waals surface area contributed by atoms with Gasteiger partial charge in [0.1, 0.15) is 18.1 Å². The molecule has 0 aliphatic heterocycles. The van der Waals surface area contributed by atoms with Gasteiger partial charge < -0.3 is 9.99 Å². The zero-order valence-electron chi connectivity index (χ0n) is 11.5. The first-order chi connectivity index (χ1) is 9.15. The van der Waals surface area contributed by atoms with Gasteiger partial charge in [0.05, 0.1) is 0 Å². The fraction of sp³-hybridized carbons (Fsp3) is 0.917. The van der Waals surface area contributed by atoms with Crippen molar-refractivity contribution in [1.29, 1.82) is 0 Å². The highest BCUT2D eigenvalue weighted by Crippen LogP contribution is 2.66. The predicted octanol–water partition coefficient (Wildman–Crippen LogP) is 2.21. The molecule has 2 saturated carbocycles. The number of hydrogen-bond acceptors (Lipinski definition) is 6. The molecule has 3 unspecified atom stereocenters. The van der Waals surface area contributed by atoms with Crippen molar-refractivity contribution in [1.82, 2.24) is 0 Å². The Labute approximate surface area is 120 Å². The normalized spacial score (nSPS) is 35.3. The summed E-state index contributed by atoms with van der Waals surface area (Å²) in [5, 5.41) is 8.42. The van der Waals surface area contributed by atoms with Crippen LogP contribution in [0.3, 0.4) is 0 Å². The third kappa shape index (κ3) is 2.32. The number of halogens is 2. The quantitative estimate of drug-likeness (QED) is 0.336. The Morgan fingerprint density at radius 3 is 2.50 bits per heavy atom. The maximum Gasteiger partial charge on any atom is 0.415 e. The molecule has 8 heteroatoms. The van der Waals surface area contributed by atoms with Crippen LogP contribution in [0.4, 0.5) is 8.78 Å². The van der Waals surface area contributed by atoms with E-state index in [1.807, 2.05) is 6.92 Å². The fourth-order valence-corrected chi connectivity index (χ4v) is 3.83. The Bertz CT molecular complexity index is 403. The van der Waals surface area contributed by atoms with Crippen LogP contribution in [0.1, 0.15) is 40.0 Å². The molecular formula is C12H17F2O5S-. The summed E-state index contributed by atoms with van der Waals surface area (Å²) >= 11 is -0.654. The van der Waals surface area contributed by atoms with Gasteiger partial charge in [0.15, 0.2) is 0 Å². The molecule has 2 fully saturated rings. The number of hydrogen-bond donors (Lipinski definition) is 0. The lowest BCUT2D eigenvalue weighted by molar-refractivity contribution is -0.777. The minimum Gasteiger partial charge on any atom is -0.691 e. The van der Waals surface area contributed by atoms with Crippen molar-refractivity contribution in [3.8, 4) is 0 Å². The molecule has 0 spiro atoms. The van der Waals surface area contributed by atoms with Gasteiger partial charge >= 0.3 is 11.2 Å². The van der Waals surface area contributed by atoms with Crippen molar-refractivity contribution in [2.75, 3.05) is 0 Å². The zero-order valence-corrected chi connectivity index (χ0v) is 12.3. The van der Waals surface area contributed by atoms with Crippen LogP contribution in [0.15, 0.2) is 0 Å². The van der Waals surface area contributed by atoms with Gasteiger partial charge in [-0.1, -0.05) is 20.8 Å². The maximum absolute atomic E-state index is 13.4. The van der Waals surface area contributed by atoms with Crippen LogP contribution >= 0.6 is 12.0 Å². The number of fused-ring (bicyclic) bond motifs is 2. The van der Waals surface area contributed by atoms with Crippen molar-refractivity contribution in [3.05, 3.63) is 0 Å². The molecule has 0 aromatic rings. The molecule has 20 heavy (non-hydrogen) atoms. The van der Waals surface area contributed by atoms with E-state index in [2.05, 4.69) is 23.2 Å². The van der Waals surface area contributed by atoms with E-state index in [0.717, 1.165) is 12.8 Å². The lowest BCUT2D eigenvalue weighted by atomic mass is 9.70. The molecule has 0 N–H and O–H groups in total. The summed E-state index contributed by atoms with van der Waals surface area (Å²) in [6.07, 6.45) is 1.93. The summed E-state index contributed by atoms with van der Waals surface area (Å²) in [5.74, 6) is -1.33. The maximum atomic E-state index is 13.4. The first-order valence-electron chi connectivity index (χ1n) is 6.38. The van der Waals surface area contributed by atoms with Crippen LogP contribution in [-0.4, -0.2) is 17.3 Å². The molecule has 2 aliphatic rings. The van der Waals surface area contributed by atoms with Crippen LogP contribution in [0.5, 0.6) is 0 Å². The van der Waals surface area contributed by atoms with Gasteiger partial charge in [-0.05, 0) is 30.6 Å².